The van der Waals surface area contributed by atoms with Crippen LogP contribution in [-0.4, -0.2) is 30.2 Å². The second-order valence-electron chi connectivity index (χ2n) is 4.47. The van der Waals surface area contributed by atoms with Gasteiger partial charge in [0.05, 0.1) is 11.7 Å². The maximum Gasteiger partial charge on any atom is 0.335 e. The molecule has 0 radical (unpaired) electrons. The standard InChI is InChI=1S/C14H19NO4/c1-9-4-6-11(14(17)18)8-12(9)15-13(16)7-5-10(2)19-3/h4,6,8,10H,5,7H2,1-3H3,(H,15,16)(H,17,18). The van der Waals surface area contributed by atoms with Crippen molar-refractivity contribution < 1.29 is 19.4 Å². The molecule has 1 unspecified atom stereocenters. The van der Waals surface area contributed by atoms with Crippen LogP contribution in [0.15, 0.2) is 18.2 Å². The van der Waals surface area contributed by atoms with Crippen LogP contribution in [0.25, 0.3) is 0 Å². The number of carbonyl (C=O) groups excluding carboxylic acids is 1. The topological polar surface area (TPSA) is 75.6 Å². The van der Waals surface area contributed by atoms with E-state index < -0.39 is 5.97 Å². The van der Waals surface area contributed by atoms with Gasteiger partial charge in [0.25, 0.3) is 0 Å². The van der Waals surface area contributed by atoms with E-state index in [2.05, 4.69) is 5.32 Å². The van der Waals surface area contributed by atoms with Crippen molar-refractivity contribution in [3.8, 4) is 0 Å². The van der Waals surface area contributed by atoms with Crippen LogP contribution in [0.1, 0.15) is 35.7 Å². The van der Waals surface area contributed by atoms with Gasteiger partial charge in [-0.2, -0.15) is 0 Å². The molecule has 0 aliphatic rings. The molecule has 0 aromatic heterocycles. The van der Waals surface area contributed by atoms with E-state index in [1.165, 1.54) is 12.1 Å². The zero-order chi connectivity index (χ0) is 14.4. The highest BCUT2D eigenvalue weighted by Crippen LogP contribution is 2.17. The number of hydrogen-bond donors (Lipinski definition) is 2. The third-order valence-electron chi connectivity index (χ3n) is 2.94. The molecule has 0 saturated carbocycles. The van der Waals surface area contributed by atoms with E-state index in [4.69, 9.17) is 9.84 Å². The molecule has 0 aliphatic carbocycles. The minimum Gasteiger partial charge on any atom is -0.478 e. The van der Waals surface area contributed by atoms with Crippen molar-refractivity contribution in [3.63, 3.8) is 0 Å². The highest BCUT2D eigenvalue weighted by molar-refractivity contribution is 5.94. The number of hydrogen-bond acceptors (Lipinski definition) is 3. The zero-order valence-electron chi connectivity index (χ0n) is 11.4. The molecule has 1 amide bonds. The summed E-state index contributed by atoms with van der Waals surface area (Å²) in [6.45, 7) is 3.71. The number of benzene rings is 1. The van der Waals surface area contributed by atoms with Gasteiger partial charge in [-0.05, 0) is 38.0 Å². The number of amides is 1. The number of aryl methyl sites for hydroxylation is 1. The number of carbonyl (C=O) groups is 2. The predicted octanol–water partition coefficient (Wildman–Crippen LogP) is 2.45. The first-order valence-electron chi connectivity index (χ1n) is 6.10. The van der Waals surface area contributed by atoms with Crippen LogP contribution < -0.4 is 5.32 Å². The Morgan fingerprint density at radius 1 is 1.42 bits per heavy atom. The SMILES string of the molecule is COC(C)CCC(=O)Nc1cc(C(=O)O)ccc1C. The molecule has 0 saturated heterocycles. The molecule has 2 N–H and O–H groups in total. The van der Waals surface area contributed by atoms with Crippen LogP contribution in [-0.2, 0) is 9.53 Å². The van der Waals surface area contributed by atoms with Crippen molar-refractivity contribution in [1.29, 1.82) is 0 Å². The lowest BCUT2D eigenvalue weighted by Gasteiger charge is -2.11. The van der Waals surface area contributed by atoms with E-state index in [1.54, 1.807) is 13.2 Å². The lowest BCUT2D eigenvalue weighted by Crippen LogP contribution is -2.16. The van der Waals surface area contributed by atoms with Gasteiger partial charge in [0.15, 0.2) is 0 Å². The Labute approximate surface area is 112 Å². The number of carboxylic acid groups (broad SMARTS) is 1. The van der Waals surface area contributed by atoms with E-state index in [0.717, 1.165) is 5.56 Å². The van der Waals surface area contributed by atoms with Gasteiger partial charge in [-0.3, -0.25) is 4.79 Å². The molecule has 1 atom stereocenters. The third kappa shape index (κ3) is 4.71. The van der Waals surface area contributed by atoms with Crippen molar-refractivity contribution in [2.75, 3.05) is 12.4 Å². The summed E-state index contributed by atoms with van der Waals surface area (Å²) < 4.78 is 5.07. The summed E-state index contributed by atoms with van der Waals surface area (Å²) in [4.78, 5) is 22.6. The second kappa shape index (κ2) is 6.89. The number of aromatic carboxylic acids is 1. The molecule has 0 spiro atoms. The Bertz CT molecular complexity index is 471. The van der Waals surface area contributed by atoms with Gasteiger partial charge >= 0.3 is 5.97 Å². The number of carboxylic acids is 1. The first kappa shape index (κ1) is 15.2. The number of ether oxygens (including phenoxy) is 1. The summed E-state index contributed by atoms with van der Waals surface area (Å²) >= 11 is 0. The maximum atomic E-state index is 11.8. The molecule has 0 aliphatic heterocycles. The quantitative estimate of drug-likeness (QED) is 0.828. The van der Waals surface area contributed by atoms with Gasteiger partial charge in [0, 0.05) is 19.2 Å². The van der Waals surface area contributed by atoms with Crippen molar-refractivity contribution >= 4 is 17.6 Å². The molecule has 0 fully saturated rings. The van der Waals surface area contributed by atoms with Gasteiger partial charge in [-0.15, -0.1) is 0 Å². The fourth-order valence-electron chi connectivity index (χ4n) is 1.55. The Hall–Kier alpha value is -1.88. The molecule has 19 heavy (non-hydrogen) atoms. The Morgan fingerprint density at radius 2 is 2.11 bits per heavy atom. The fraction of sp³-hybridized carbons (Fsp3) is 0.429. The predicted molar refractivity (Wildman–Crippen MR) is 72.5 cm³/mol. The van der Waals surface area contributed by atoms with E-state index in [1.807, 2.05) is 13.8 Å². The molecule has 5 heteroatoms. The minimum absolute atomic E-state index is 0.0252. The Morgan fingerprint density at radius 3 is 2.68 bits per heavy atom. The first-order valence-corrected chi connectivity index (χ1v) is 6.10. The molecular weight excluding hydrogens is 246 g/mol. The van der Waals surface area contributed by atoms with Crippen molar-refractivity contribution in [2.24, 2.45) is 0 Å². The molecule has 104 valence electrons. The smallest absolute Gasteiger partial charge is 0.335 e. The molecule has 1 aromatic carbocycles. The maximum absolute atomic E-state index is 11.8. The fourth-order valence-corrected chi connectivity index (χ4v) is 1.55. The molecule has 1 aromatic rings. The van der Waals surface area contributed by atoms with E-state index >= 15 is 0 Å². The molecule has 5 nitrogen and oxygen atoms in total. The molecular formula is C14H19NO4. The lowest BCUT2D eigenvalue weighted by molar-refractivity contribution is -0.116. The van der Waals surface area contributed by atoms with E-state index in [9.17, 15) is 9.59 Å². The molecule has 1 rings (SSSR count). The van der Waals surface area contributed by atoms with Gasteiger partial charge in [0.2, 0.25) is 5.91 Å². The number of rotatable bonds is 6. The summed E-state index contributed by atoms with van der Waals surface area (Å²) in [5.74, 6) is -1.15. The van der Waals surface area contributed by atoms with Crippen LogP contribution in [0, 0.1) is 6.92 Å². The summed E-state index contributed by atoms with van der Waals surface area (Å²) in [6.07, 6.45) is 0.989. The Balaban J connectivity index is 2.68. The van der Waals surface area contributed by atoms with E-state index in [-0.39, 0.29) is 17.6 Å². The van der Waals surface area contributed by atoms with Crippen molar-refractivity contribution in [3.05, 3.63) is 29.3 Å². The number of nitrogens with one attached hydrogen (secondary N) is 1. The minimum atomic E-state index is -1.01. The van der Waals surface area contributed by atoms with Crippen molar-refractivity contribution in [1.82, 2.24) is 0 Å². The molecule has 0 bridgehead atoms. The Kier molecular flexibility index (Phi) is 5.51. The zero-order valence-corrected chi connectivity index (χ0v) is 11.4. The lowest BCUT2D eigenvalue weighted by atomic mass is 10.1. The number of methoxy groups -OCH3 is 1. The average Bonchev–Trinajstić information content (AvgIpc) is 2.38. The van der Waals surface area contributed by atoms with Crippen LogP contribution in [0.2, 0.25) is 0 Å². The largest absolute Gasteiger partial charge is 0.478 e. The monoisotopic (exact) mass is 265 g/mol. The van der Waals surface area contributed by atoms with Crippen LogP contribution in [0.5, 0.6) is 0 Å². The summed E-state index contributed by atoms with van der Waals surface area (Å²) in [6, 6.07) is 4.66. The summed E-state index contributed by atoms with van der Waals surface area (Å²) in [5, 5.41) is 11.6. The first-order chi connectivity index (χ1) is 8.93. The number of anilines is 1. The van der Waals surface area contributed by atoms with E-state index in [0.29, 0.717) is 18.5 Å². The van der Waals surface area contributed by atoms with Crippen LogP contribution >= 0.6 is 0 Å². The average molecular weight is 265 g/mol. The van der Waals surface area contributed by atoms with Gasteiger partial charge < -0.3 is 15.2 Å². The summed E-state index contributed by atoms with van der Waals surface area (Å²) in [7, 11) is 1.60. The highest BCUT2D eigenvalue weighted by atomic mass is 16.5. The normalized spacial score (nSPS) is 11.9. The molecule has 0 heterocycles. The van der Waals surface area contributed by atoms with Crippen LogP contribution in [0.3, 0.4) is 0 Å². The third-order valence-corrected chi connectivity index (χ3v) is 2.94. The van der Waals surface area contributed by atoms with Gasteiger partial charge in [-0.25, -0.2) is 4.79 Å². The van der Waals surface area contributed by atoms with Gasteiger partial charge in [0.1, 0.15) is 0 Å². The van der Waals surface area contributed by atoms with Crippen molar-refractivity contribution in [2.45, 2.75) is 32.8 Å². The highest BCUT2D eigenvalue weighted by Gasteiger charge is 2.10. The van der Waals surface area contributed by atoms with Gasteiger partial charge in [-0.1, -0.05) is 6.07 Å². The van der Waals surface area contributed by atoms with Crippen LogP contribution in [0.4, 0.5) is 5.69 Å². The second-order valence-corrected chi connectivity index (χ2v) is 4.47. The summed E-state index contributed by atoms with van der Waals surface area (Å²) in [5.41, 5.74) is 1.53.